The second-order valence-electron chi connectivity index (χ2n) is 11.5. The number of pyridine rings is 1. The van der Waals surface area contributed by atoms with Crippen LogP contribution in [0.2, 0.25) is 0 Å². The maximum absolute atomic E-state index is 13.9. The monoisotopic (exact) mass is 757 g/mol. The van der Waals surface area contributed by atoms with E-state index in [1.54, 1.807) is 4.90 Å². The van der Waals surface area contributed by atoms with E-state index < -0.39 is 12.2 Å². The average molecular weight is 760 g/mol. The predicted molar refractivity (Wildman–Crippen MR) is 197 cm³/mol. The van der Waals surface area contributed by atoms with Gasteiger partial charge in [0.25, 0.3) is 5.91 Å². The van der Waals surface area contributed by atoms with E-state index >= 15 is 0 Å². The van der Waals surface area contributed by atoms with Gasteiger partial charge in [-0.25, -0.2) is 4.79 Å². The van der Waals surface area contributed by atoms with Gasteiger partial charge in [-0.3, -0.25) is 14.8 Å². The summed E-state index contributed by atoms with van der Waals surface area (Å²) in [6.07, 6.45) is 4.76. The molecule has 1 saturated heterocycles. The first-order valence-corrected chi connectivity index (χ1v) is 17.5. The third-order valence-electron chi connectivity index (χ3n) is 8.42. The summed E-state index contributed by atoms with van der Waals surface area (Å²) in [5.41, 5.74) is 6.54. The molecule has 6 rings (SSSR count). The Morgan fingerprint density at radius 1 is 0.851 bits per heavy atom. The van der Waals surface area contributed by atoms with Crippen molar-refractivity contribution in [3.63, 3.8) is 0 Å². The summed E-state index contributed by atoms with van der Waals surface area (Å²) < 4.78 is 1.87. The molecule has 242 valence electrons. The zero-order valence-corrected chi connectivity index (χ0v) is 29.4. The van der Waals surface area contributed by atoms with Gasteiger partial charge in [0, 0.05) is 66.6 Å². The van der Waals surface area contributed by atoms with Crippen LogP contribution in [0.15, 0.2) is 105 Å². The van der Waals surface area contributed by atoms with Crippen molar-refractivity contribution in [1.29, 1.82) is 0 Å². The Balaban J connectivity index is 1.15. The van der Waals surface area contributed by atoms with Crippen molar-refractivity contribution in [1.82, 2.24) is 10.3 Å². The Morgan fingerprint density at radius 2 is 1.55 bits per heavy atom. The normalized spacial score (nSPS) is 16.3. The first kappa shape index (κ1) is 32.7. The number of aromatic nitrogens is 1. The van der Waals surface area contributed by atoms with Gasteiger partial charge in [0.2, 0.25) is 6.17 Å². The van der Waals surface area contributed by atoms with E-state index in [9.17, 15) is 9.59 Å². The predicted octanol–water partition coefficient (Wildman–Crippen LogP) is 7.26. The summed E-state index contributed by atoms with van der Waals surface area (Å²) in [5.74, 6) is -0.251. The van der Waals surface area contributed by atoms with Gasteiger partial charge < -0.3 is 25.3 Å². The van der Waals surface area contributed by atoms with E-state index in [0.717, 1.165) is 76.3 Å². The first-order chi connectivity index (χ1) is 22.9. The number of fused-ring (bicyclic) bond motifs is 1. The fourth-order valence-corrected chi connectivity index (χ4v) is 7.23. The Bertz CT molecular complexity index is 1760. The highest BCUT2D eigenvalue weighted by Crippen LogP contribution is 2.32. The molecule has 2 N–H and O–H groups in total. The number of para-hydroxylation sites is 1. The standard InChI is InChI=1S/C36H37Br2N7O2/c1-2-18-45-31-11-7-6-10-27(31)30(14-12-25-8-4-3-5-9-25)41-34(35(45)46)42-36(47)40-26-13-15-32(28(37)23-26)43-19-21-44(22-20-43)33-16-17-39-24-29(33)38/h3-11,13,15-17,23-24,34H,2,12,14,18-22H2,1H3,(H2,40,42,47). The van der Waals surface area contributed by atoms with Gasteiger partial charge in [0.15, 0.2) is 0 Å². The molecule has 4 aromatic rings. The third-order valence-corrected chi connectivity index (χ3v) is 9.66. The number of benzodiazepines with no additional fused rings is 1. The van der Waals surface area contributed by atoms with Crippen molar-refractivity contribution in [3.8, 4) is 0 Å². The number of piperazine rings is 1. The summed E-state index contributed by atoms with van der Waals surface area (Å²) in [5, 5.41) is 5.78. The number of aryl methyl sites for hydroxylation is 1. The molecule has 2 aliphatic heterocycles. The summed E-state index contributed by atoms with van der Waals surface area (Å²) >= 11 is 7.33. The van der Waals surface area contributed by atoms with Crippen LogP contribution in [0.3, 0.4) is 0 Å². The SMILES string of the molecule is CCCN1C(=O)C(NC(=O)Nc2ccc(N3CCN(c4ccncc4Br)CC3)c(Br)c2)N=C(CCc2ccccc2)c2ccccc21. The van der Waals surface area contributed by atoms with Gasteiger partial charge >= 0.3 is 6.03 Å². The number of aliphatic imine (C=N–C) groups is 1. The molecule has 2 aliphatic rings. The second kappa shape index (κ2) is 15.1. The minimum atomic E-state index is -1.06. The van der Waals surface area contributed by atoms with Gasteiger partial charge in [0.05, 0.1) is 21.5 Å². The molecule has 11 heteroatoms. The smallest absolute Gasteiger partial charge is 0.321 e. The number of nitrogens with zero attached hydrogens (tertiary/aromatic N) is 5. The van der Waals surface area contributed by atoms with Gasteiger partial charge in [-0.05, 0) is 87.0 Å². The maximum atomic E-state index is 13.9. The Morgan fingerprint density at radius 3 is 2.26 bits per heavy atom. The number of amides is 3. The highest BCUT2D eigenvalue weighted by atomic mass is 79.9. The van der Waals surface area contributed by atoms with Crippen LogP contribution in [0.25, 0.3) is 0 Å². The highest BCUT2D eigenvalue weighted by Gasteiger charge is 2.32. The number of rotatable bonds is 9. The molecule has 47 heavy (non-hydrogen) atoms. The molecule has 0 saturated carbocycles. The first-order valence-electron chi connectivity index (χ1n) is 15.9. The molecule has 0 spiro atoms. The zero-order valence-electron chi connectivity index (χ0n) is 26.2. The fraction of sp³-hybridized carbons (Fsp3) is 0.278. The number of hydrogen-bond donors (Lipinski definition) is 2. The molecule has 0 aliphatic carbocycles. The van der Waals surface area contributed by atoms with Crippen molar-refractivity contribution >= 4 is 72.3 Å². The molecule has 3 aromatic carbocycles. The molecule has 9 nitrogen and oxygen atoms in total. The van der Waals surface area contributed by atoms with Crippen molar-refractivity contribution in [2.75, 3.05) is 52.7 Å². The number of benzene rings is 3. The lowest BCUT2D eigenvalue weighted by molar-refractivity contribution is -0.120. The minimum Gasteiger partial charge on any atom is -0.367 e. The average Bonchev–Trinajstić information content (AvgIpc) is 3.19. The van der Waals surface area contributed by atoms with Crippen molar-refractivity contribution < 1.29 is 9.59 Å². The Labute approximate surface area is 292 Å². The Hall–Kier alpha value is -4.22. The van der Waals surface area contributed by atoms with Crippen LogP contribution in [-0.4, -0.2) is 61.5 Å². The molecular formula is C36H37Br2N7O2. The van der Waals surface area contributed by atoms with Crippen LogP contribution < -0.4 is 25.3 Å². The lowest BCUT2D eigenvalue weighted by Gasteiger charge is -2.38. The van der Waals surface area contributed by atoms with Crippen LogP contribution in [0.1, 0.15) is 30.9 Å². The van der Waals surface area contributed by atoms with E-state index in [4.69, 9.17) is 4.99 Å². The van der Waals surface area contributed by atoms with E-state index in [2.05, 4.69) is 69.4 Å². The number of nitrogens with one attached hydrogen (secondary N) is 2. The molecule has 1 unspecified atom stereocenters. The molecule has 3 amide bonds. The number of carbonyl (C=O) groups excluding carboxylic acids is 2. The maximum Gasteiger partial charge on any atom is 0.321 e. The molecule has 1 atom stereocenters. The van der Waals surface area contributed by atoms with Crippen LogP contribution in [-0.2, 0) is 11.2 Å². The third kappa shape index (κ3) is 7.68. The van der Waals surface area contributed by atoms with Crippen molar-refractivity contribution in [2.45, 2.75) is 32.4 Å². The van der Waals surface area contributed by atoms with Gasteiger partial charge in [-0.15, -0.1) is 0 Å². The molecule has 0 radical (unpaired) electrons. The lowest BCUT2D eigenvalue weighted by atomic mass is 10.00. The second-order valence-corrected chi connectivity index (χ2v) is 13.2. The van der Waals surface area contributed by atoms with E-state index in [1.807, 2.05) is 86.0 Å². The number of halogens is 2. The molecular weight excluding hydrogens is 722 g/mol. The summed E-state index contributed by atoms with van der Waals surface area (Å²) in [7, 11) is 0. The van der Waals surface area contributed by atoms with E-state index in [0.29, 0.717) is 18.7 Å². The molecule has 1 fully saturated rings. The van der Waals surface area contributed by atoms with E-state index in [1.165, 1.54) is 5.56 Å². The van der Waals surface area contributed by atoms with Gasteiger partial charge in [0.1, 0.15) is 0 Å². The van der Waals surface area contributed by atoms with Crippen molar-refractivity contribution in [3.05, 3.63) is 111 Å². The van der Waals surface area contributed by atoms with Crippen molar-refractivity contribution in [2.24, 2.45) is 4.99 Å². The number of anilines is 4. The van der Waals surface area contributed by atoms with Crippen LogP contribution in [0.5, 0.6) is 0 Å². The summed E-state index contributed by atoms with van der Waals surface area (Å²) in [6.45, 7) is 6.02. The number of urea groups is 1. The molecule has 1 aromatic heterocycles. The lowest BCUT2D eigenvalue weighted by Crippen LogP contribution is -2.48. The quantitative estimate of drug-likeness (QED) is 0.188. The topological polar surface area (TPSA) is 93.2 Å². The molecule has 3 heterocycles. The largest absolute Gasteiger partial charge is 0.367 e. The zero-order chi connectivity index (χ0) is 32.8. The number of carbonyl (C=O) groups is 2. The summed E-state index contributed by atoms with van der Waals surface area (Å²) in [4.78, 5) is 42.7. The minimum absolute atomic E-state index is 0.251. The number of hydrogen-bond acceptors (Lipinski definition) is 6. The summed E-state index contributed by atoms with van der Waals surface area (Å²) in [6, 6.07) is 25.4. The highest BCUT2D eigenvalue weighted by molar-refractivity contribution is 9.11. The van der Waals surface area contributed by atoms with E-state index in [-0.39, 0.29) is 5.91 Å². The van der Waals surface area contributed by atoms with Crippen LogP contribution in [0.4, 0.5) is 27.5 Å². The Kier molecular flexibility index (Phi) is 10.5. The van der Waals surface area contributed by atoms with Crippen LogP contribution in [0, 0.1) is 0 Å². The van der Waals surface area contributed by atoms with Gasteiger partial charge in [-0.1, -0.05) is 55.5 Å². The molecule has 0 bridgehead atoms. The fourth-order valence-electron chi connectivity index (χ4n) is 6.10. The van der Waals surface area contributed by atoms with Crippen LogP contribution >= 0.6 is 31.9 Å². The van der Waals surface area contributed by atoms with Gasteiger partial charge in [-0.2, -0.15) is 0 Å².